The Morgan fingerprint density at radius 2 is 1.64 bits per heavy atom. The lowest BCUT2D eigenvalue weighted by Gasteiger charge is -2.31. The third-order valence-corrected chi connectivity index (χ3v) is 5.64. The van der Waals surface area contributed by atoms with E-state index in [1.165, 1.54) is 37.7 Å². The zero-order chi connectivity index (χ0) is 17.6. The monoisotopic (exact) mass is 343 g/mol. The number of carbonyl (C=O) groups is 2. The quantitative estimate of drug-likeness (QED) is 0.772. The molecule has 1 aromatic rings. The molecular weight excluding hydrogens is 314 g/mol. The van der Waals surface area contributed by atoms with Crippen LogP contribution in [0.5, 0.6) is 0 Å². The van der Waals surface area contributed by atoms with Crippen molar-refractivity contribution in [3.05, 3.63) is 35.4 Å². The van der Waals surface area contributed by atoms with Crippen LogP contribution in [0.2, 0.25) is 0 Å². The Bertz CT molecular complexity index is 582. The number of hydrogen-bond acceptors (Lipinski definition) is 3. The molecule has 1 amide bonds. The minimum absolute atomic E-state index is 0.0577. The van der Waals surface area contributed by atoms with Crippen LogP contribution >= 0.6 is 0 Å². The fraction of sp³-hybridized carbons (Fsp3) is 0.619. The van der Waals surface area contributed by atoms with Gasteiger partial charge in [0.05, 0.1) is 12.5 Å². The number of rotatable bonds is 4. The first kappa shape index (κ1) is 18.0. The van der Waals surface area contributed by atoms with Crippen molar-refractivity contribution >= 4 is 11.9 Å². The summed E-state index contributed by atoms with van der Waals surface area (Å²) in [6.07, 6.45) is 7.94. The zero-order valence-electron chi connectivity index (χ0n) is 15.2. The van der Waals surface area contributed by atoms with E-state index in [2.05, 4.69) is 12.1 Å². The average Bonchev–Trinajstić information content (AvgIpc) is 2.68. The Labute approximate surface area is 150 Å². The summed E-state index contributed by atoms with van der Waals surface area (Å²) in [6.45, 7) is 3.51. The largest absolute Gasteiger partial charge is 0.466 e. The molecule has 0 atom stereocenters. The second-order valence-corrected chi connectivity index (χ2v) is 7.28. The first-order valence-electron chi connectivity index (χ1n) is 9.75. The smallest absolute Gasteiger partial charge is 0.309 e. The summed E-state index contributed by atoms with van der Waals surface area (Å²) < 4.78 is 5.09. The molecule has 136 valence electrons. The Hall–Kier alpha value is -1.84. The Morgan fingerprint density at radius 1 is 1.00 bits per heavy atom. The highest BCUT2D eigenvalue weighted by Gasteiger charge is 2.28. The molecule has 0 N–H and O–H groups in total. The van der Waals surface area contributed by atoms with Gasteiger partial charge in [-0.25, -0.2) is 0 Å². The number of ether oxygens (including phenoxy) is 1. The summed E-state index contributed by atoms with van der Waals surface area (Å²) in [5, 5.41) is 0. The number of likely N-dealkylation sites (tertiary alicyclic amines) is 1. The lowest BCUT2D eigenvalue weighted by Crippen LogP contribution is -2.40. The maximum Gasteiger partial charge on any atom is 0.309 e. The molecule has 0 aromatic heterocycles. The summed E-state index contributed by atoms with van der Waals surface area (Å²) in [5.74, 6) is 0.569. The second-order valence-electron chi connectivity index (χ2n) is 7.28. The molecule has 1 heterocycles. The molecule has 1 aromatic carbocycles. The number of piperidine rings is 1. The SMILES string of the molecule is CCOC(=O)C1CCN(C(=O)c2ccc(C3CCCCC3)cc2)CC1. The maximum absolute atomic E-state index is 12.7. The highest BCUT2D eigenvalue weighted by molar-refractivity contribution is 5.94. The number of benzene rings is 1. The lowest BCUT2D eigenvalue weighted by molar-refractivity contribution is -0.149. The molecule has 1 saturated carbocycles. The number of esters is 1. The fourth-order valence-electron chi connectivity index (χ4n) is 4.09. The number of nitrogens with zero attached hydrogens (tertiary/aromatic N) is 1. The molecule has 0 radical (unpaired) electrons. The van der Waals surface area contributed by atoms with Crippen LogP contribution in [0.1, 0.15) is 73.7 Å². The molecule has 1 aliphatic heterocycles. The molecule has 4 nitrogen and oxygen atoms in total. The van der Waals surface area contributed by atoms with Crippen LogP contribution in [0.15, 0.2) is 24.3 Å². The Kier molecular flexibility index (Phi) is 6.11. The van der Waals surface area contributed by atoms with Crippen molar-refractivity contribution < 1.29 is 14.3 Å². The van der Waals surface area contributed by atoms with E-state index in [-0.39, 0.29) is 17.8 Å². The average molecular weight is 343 g/mol. The van der Waals surface area contributed by atoms with Crippen molar-refractivity contribution in [3.8, 4) is 0 Å². The van der Waals surface area contributed by atoms with Gasteiger partial charge in [0.1, 0.15) is 0 Å². The van der Waals surface area contributed by atoms with Gasteiger partial charge in [0.2, 0.25) is 0 Å². The topological polar surface area (TPSA) is 46.6 Å². The van der Waals surface area contributed by atoms with Crippen molar-refractivity contribution in [1.29, 1.82) is 0 Å². The van der Waals surface area contributed by atoms with Gasteiger partial charge in [-0.2, -0.15) is 0 Å². The molecule has 3 rings (SSSR count). The van der Waals surface area contributed by atoms with Crippen molar-refractivity contribution in [1.82, 2.24) is 4.90 Å². The standard InChI is InChI=1S/C21H29NO3/c1-2-25-21(24)19-12-14-22(15-13-19)20(23)18-10-8-17(9-11-18)16-6-4-3-5-7-16/h8-11,16,19H,2-7,12-15H2,1H3. The van der Waals surface area contributed by atoms with E-state index in [9.17, 15) is 9.59 Å². The molecule has 4 heteroatoms. The minimum atomic E-state index is -0.119. The van der Waals surface area contributed by atoms with E-state index < -0.39 is 0 Å². The molecule has 0 unspecified atom stereocenters. The van der Waals surface area contributed by atoms with Crippen LogP contribution in [0, 0.1) is 5.92 Å². The normalized spacial score (nSPS) is 19.6. The van der Waals surface area contributed by atoms with Gasteiger partial charge < -0.3 is 9.64 Å². The third-order valence-electron chi connectivity index (χ3n) is 5.64. The van der Waals surface area contributed by atoms with Gasteiger partial charge >= 0.3 is 5.97 Å². The van der Waals surface area contributed by atoms with Gasteiger partial charge in [0, 0.05) is 18.7 Å². The van der Waals surface area contributed by atoms with Crippen LogP contribution in [-0.2, 0) is 9.53 Å². The molecule has 25 heavy (non-hydrogen) atoms. The van der Waals surface area contributed by atoms with Crippen molar-refractivity contribution in [3.63, 3.8) is 0 Å². The van der Waals surface area contributed by atoms with Crippen molar-refractivity contribution in [2.24, 2.45) is 5.92 Å². The van der Waals surface area contributed by atoms with Gasteiger partial charge in [-0.05, 0) is 56.2 Å². The van der Waals surface area contributed by atoms with Crippen LogP contribution in [-0.4, -0.2) is 36.5 Å². The molecular formula is C21H29NO3. The summed E-state index contributed by atoms with van der Waals surface area (Å²) in [5.41, 5.74) is 2.13. The zero-order valence-corrected chi connectivity index (χ0v) is 15.2. The van der Waals surface area contributed by atoms with E-state index in [4.69, 9.17) is 4.74 Å². The predicted octanol–water partition coefficient (Wildman–Crippen LogP) is 4.15. The Morgan fingerprint density at radius 3 is 2.24 bits per heavy atom. The molecule has 1 saturated heterocycles. The summed E-state index contributed by atoms with van der Waals surface area (Å²) >= 11 is 0. The molecule has 1 aliphatic carbocycles. The Balaban J connectivity index is 1.55. The number of carbonyl (C=O) groups excluding carboxylic acids is 2. The van der Waals surface area contributed by atoms with Gasteiger partial charge in [-0.1, -0.05) is 31.4 Å². The van der Waals surface area contributed by atoms with Gasteiger partial charge in [0.15, 0.2) is 0 Å². The van der Waals surface area contributed by atoms with E-state index in [0.29, 0.717) is 38.5 Å². The minimum Gasteiger partial charge on any atom is -0.466 e. The molecule has 0 bridgehead atoms. The van der Waals surface area contributed by atoms with E-state index in [1.807, 2.05) is 24.0 Å². The van der Waals surface area contributed by atoms with E-state index in [0.717, 1.165) is 5.56 Å². The highest BCUT2D eigenvalue weighted by atomic mass is 16.5. The fourth-order valence-corrected chi connectivity index (χ4v) is 4.09. The molecule has 0 spiro atoms. The van der Waals surface area contributed by atoms with Gasteiger partial charge in [-0.3, -0.25) is 9.59 Å². The summed E-state index contributed by atoms with van der Waals surface area (Å²) in [6, 6.07) is 8.22. The predicted molar refractivity (Wildman–Crippen MR) is 97.5 cm³/mol. The van der Waals surface area contributed by atoms with Crippen LogP contribution in [0.4, 0.5) is 0 Å². The summed E-state index contributed by atoms with van der Waals surface area (Å²) in [4.78, 5) is 26.4. The second kappa shape index (κ2) is 8.50. The number of hydrogen-bond donors (Lipinski definition) is 0. The van der Waals surface area contributed by atoms with Crippen molar-refractivity contribution in [2.45, 2.75) is 57.8 Å². The lowest BCUT2D eigenvalue weighted by atomic mass is 9.84. The highest BCUT2D eigenvalue weighted by Crippen LogP contribution is 2.32. The van der Waals surface area contributed by atoms with Gasteiger partial charge in [-0.15, -0.1) is 0 Å². The van der Waals surface area contributed by atoms with Crippen LogP contribution < -0.4 is 0 Å². The van der Waals surface area contributed by atoms with Gasteiger partial charge in [0.25, 0.3) is 5.91 Å². The molecule has 2 aliphatic rings. The van der Waals surface area contributed by atoms with E-state index >= 15 is 0 Å². The van der Waals surface area contributed by atoms with Crippen LogP contribution in [0.25, 0.3) is 0 Å². The maximum atomic E-state index is 12.7. The first-order valence-corrected chi connectivity index (χ1v) is 9.75. The number of amides is 1. The summed E-state index contributed by atoms with van der Waals surface area (Å²) in [7, 11) is 0. The molecule has 2 fully saturated rings. The first-order chi connectivity index (χ1) is 12.2. The van der Waals surface area contributed by atoms with Crippen LogP contribution in [0.3, 0.4) is 0 Å². The third kappa shape index (κ3) is 4.42. The van der Waals surface area contributed by atoms with E-state index in [1.54, 1.807) is 0 Å². The van der Waals surface area contributed by atoms with Crippen molar-refractivity contribution in [2.75, 3.05) is 19.7 Å².